The number of carbonyl (C=O) groups is 2. The zero-order valence-corrected chi connectivity index (χ0v) is 48.0. The van der Waals surface area contributed by atoms with E-state index in [1.807, 2.05) is 92.9 Å². The maximum atomic E-state index is 12.3. The average molecular weight is 1120 g/mol. The Labute approximate surface area is 480 Å². The number of likely N-dealkylation sites (tertiary alicyclic amines) is 2. The van der Waals surface area contributed by atoms with E-state index in [2.05, 4.69) is 108 Å². The normalized spacial score (nSPS) is 14.7. The fourth-order valence-electron chi connectivity index (χ4n) is 9.94. The smallest absolute Gasteiger partial charge is 0.328 e. The number of anilines is 2. The van der Waals surface area contributed by atoms with E-state index in [4.69, 9.17) is 38.3 Å². The van der Waals surface area contributed by atoms with Gasteiger partial charge in [0.25, 0.3) is 0 Å². The van der Waals surface area contributed by atoms with Crippen LogP contribution in [0, 0.1) is 0 Å². The average Bonchev–Trinajstić information content (AvgIpc) is 4.11. The van der Waals surface area contributed by atoms with E-state index < -0.39 is 5.97 Å². The number of carbonyl (C=O) groups excluding carboxylic acids is 1. The number of aliphatic carboxylic acids is 1. The maximum Gasteiger partial charge on any atom is 0.328 e. The first-order chi connectivity index (χ1) is 38.8. The number of hydrogen-bond donors (Lipinski definition) is 5. The van der Waals surface area contributed by atoms with Gasteiger partial charge in [0.1, 0.15) is 0 Å². The minimum atomic E-state index is -0.892. The predicted octanol–water partition coefficient (Wildman–Crippen LogP) is 11.7. The molecule has 0 amide bonds. The summed E-state index contributed by atoms with van der Waals surface area (Å²) in [6.07, 6.45) is 19.3. The second-order valence-electron chi connectivity index (χ2n) is 21.0. The number of para-hydroxylation sites is 2. The molecule has 10 rings (SSSR count). The number of aryl methyl sites for hydroxylation is 1. The largest absolute Gasteiger partial charge is 0.478 e. The maximum absolute atomic E-state index is 12.3. The predicted molar refractivity (Wildman–Crippen MR) is 327 cm³/mol. The molecule has 8 aromatic rings. The summed E-state index contributed by atoms with van der Waals surface area (Å²) < 4.78 is 0. The number of nitrogens with one attached hydrogen (secondary N) is 4. The molecule has 2 aliphatic rings. The molecule has 0 aliphatic carbocycles. The number of H-pyrrole nitrogens is 2. The highest BCUT2D eigenvalue weighted by molar-refractivity contribution is 6.33. The van der Waals surface area contributed by atoms with Crippen molar-refractivity contribution in [1.29, 1.82) is 0 Å². The van der Waals surface area contributed by atoms with Gasteiger partial charge in [0.05, 0.1) is 33.8 Å². The van der Waals surface area contributed by atoms with E-state index in [0.29, 0.717) is 47.0 Å². The molecule has 6 heterocycles. The molecule has 2 saturated heterocycles. The Kier molecular flexibility index (Phi) is 21.6. The first-order valence-corrected chi connectivity index (χ1v) is 28.2. The number of aromatic amines is 2. The van der Waals surface area contributed by atoms with Crippen molar-refractivity contribution in [2.45, 2.75) is 70.6 Å². The van der Waals surface area contributed by atoms with Gasteiger partial charge in [0.2, 0.25) is 11.9 Å². The van der Waals surface area contributed by atoms with E-state index in [9.17, 15) is 9.59 Å². The number of benzene rings is 4. The van der Waals surface area contributed by atoms with Crippen molar-refractivity contribution in [2.24, 2.45) is 0 Å². The summed E-state index contributed by atoms with van der Waals surface area (Å²) in [5.74, 6) is 0.494. The highest BCUT2D eigenvalue weighted by atomic mass is 35.5. The number of carboxylic acids is 1. The Balaban J connectivity index is 0.000000185. The summed E-state index contributed by atoms with van der Waals surface area (Å²) in [5, 5.41) is 18.5. The fraction of sp³-hybridized carbons (Fsp3) is 0.333. The van der Waals surface area contributed by atoms with Crippen molar-refractivity contribution in [2.75, 3.05) is 78.1 Å². The number of aromatic nitrogens is 6. The number of nitrogens with zero attached hydrogens (tertiary/aromatic N) is 8. The SMILES string of the molecule is CCc1cccc(CN2CCC(Nc3ncc(Cl)c(-c4c[nH]c5ccccc45)n3)CC2)c1.CN(C)C/C=C/C(=O)Cc1cccc(CN2CCC(Nc3ncc(Cl)c(-c4c[nH]c5ccccc45)n3)CC2)c1.CN(C)C/C=C/C(=O)O. The van der Waals surface area contributed by atoms with Gasteiger partial charge in [-0.15, -0.1) is 0 Å². The lowest BCUT2D eigenvalue weighted by Gasteiger charge is -2.32. The van der Waals surface area contributed by atoms with Gasteiger partial charge >= 0.3 is 5.97 Å². The third-order valence-electron chi connectivity index (χ3n) is 14.1. The molecule has 15 nitrogen and oxygen atoms in total. The fourth-order valence-corrected chi connectivity index (χ4v) is 10.3. The first-order valence-electron chi connectivity index (χ1n) is 27.5. The number of likely N-dealkylation sites (N-methyl/N-ethyl adjacent to an activating group) is 2. The van der Waals surface area contributed by atoms with Crippen LogP contribution in [0.2, 0.25) is 10.0 Å². The second kappa shape index (κ2) is 29.3. The van der Waals surface area contributed by atoms with Crippen LogP contribution in [0.25, 0.3) is 44.3 Å². The van der Waals surface area contributed by atoms with E-state index in [-0.39, 0.29) is 5.78 Å². The zero-order chi connectivity index (χ0) is 56.4. The van der Waals surface area contributed by atoms with Crippen LogP contribution < -0.4 is 10.6 Å². The number of hydrogen-bond acceptors (Lipinski definition) is 12. The molecular formula is C63H74Cl2N12O3. The number of halogens is 2. The van der Waals surface area contributed by atoms with Crippen molar-refractivity contribution >= 4 is 68.7 Å². The Hall–Kier alpha value is -7.24. The zero-order valence-electron chi connectivity index (χ0n) is 46.5. The minimum absolute atomic E-state index is 0.137. The molecule has 2 aliphatic heterocycles. The molecule has 0 radical (unpaired) electrons. The van der Waals surface area contributed by atoms with Crippen LogP contribution in [0.4, 0.5) is 11.9 Å². The molecule has 0 bridgehead atoms. The Morgan fingerprint density at radius 1 is 0.625 bits per heavy atom. The Bertz CT molecular complexity index is 3360. The van der Waals surface area contributed by atoms with Crippen LogP contribution in [0.5, 0.6) is 0 Å². The van der Waals surface area contributed by atoms with Gasteiger partial charge in [-0.3, -0.25) is 14.6 Å². The molecule has 4 aromatic carbocycles. The van der Waals surface area contributed by atoms with E-state index in [0.717, 1.165) is 134 Å². The van der Waals surface area contributed by atoms with Gasteiger partial charge in [0.15, 0.2) is 5.78 Å². The van der Waals surface area contributed by atoms with Crippen LogP contribution in [-0.2, 0) is 35.5 Å². The van der Waals surface area contributed by atoms with Gasteiger partial charge in [-0.1, -0.05) is 127 Å². The molecule has 5 N–H and O–H groups in total. The molecule has 0 atom stereocenters. The van der Waals surface area contributed by atoms with Crippen LogP contribution in [0.1, 0.15) is 54.9 Å². The van der Waals surface area contributed by atoms with Crippen LogP contribution >= 0.6 is 23.2 Å². The topological polar surface area (TPSA) is 175 Å². The number of carboxylic acid groups (broad SMARTS) is 1. The Morgan fingerprint density at radius 3 is 1.52 bits per heavy atom. The number of piperidine rings is 2. The summed E-state index contributed by atoms with van der Waals surface area (Å²) in [7, 11) is 7.74. The summed E-state index contributed by atoms with van der Waals surface area (Å²) in [5.41, 5.74) is 10.7. The molecule has 0 spiro atoms. The molecule has 17 heteroatoms. The third-order valence-corrected chi connectivity index (χ3v) is 14.7. The summed E-state index contributed by atoms with van der Waals surface area (Å²) in [6, 6.07) is 34.3. The van der Waals surface area contributed by atoms with Crippen molar-refractivity contribution in [3.05, 3.63) is 178 Å². The quantitative estimate of drug-likeness (QED) is 0.0484. The van der Waals surface area contributed by atoms with Gasteiger partial charge in [-0.05, 0) is 101 Å². The Morgan fingerprint density at radius 2 is 1.06 bits per heavy atom. The first kappa shape index (κ1) is 58.9. The monoisotopic (exact) mass is 1120 g/mol. The van der Waals surface area contributed by atoms with Gasteiger partial charge < -0.3 is 35.5 Å². The highest BCUT2D eigenvalue weighted by Crippen LogP contribution is 2.34. The molecular weight excluding hydrogens is 1040 g/mol. The van der Waals surface area contributed by atoms with Crippen molar-refractivity contribution in [3.8, 4) is 22.5 Å². The number of ketones is 1. The number of rotatable bonds is 19. The summed E-state index contributed by atoms with van der Waals surface area (Å²) in [4.78, 5) is 56.2. The second-order valence-corrected chi connectivity index (χ2v) is 21.8. The minimum Gasteiger partial charge on any atom is -0.478 e. The van der Waals surface area contributed by atoms with Crippen LogP contribution in [0.3, 0.4) is 0 Å². The van der Waals surface area contributed by atoms with Crippen molar-refractivity contribution in [3.63, 3.8) is 0 Å². The molecule has 0 saturated carbocycles. The van der Waals surface area contributed by atoms with E-state index >= 15 is 0 Å². The summed E-state index contributed by atoms with van der Waals surface area (Å²) >= 11 is 13.0. The molecule has 0 unspecified atom stereocenters. The lowest BCUT2D eigenvalue weighted by molar-refractivity contribution is -0.131. The van der Waals surface area contributed by atoms with Gasteiger partial charge in [-0.25, -0.2) is 24.7 Å². The lowest BCUT2D eigenvalue weighted by Crippen LogP contribution is -2.39. The molecule has 80 heavy (non-hydrogen) atoms. The lowest BCUT2D eigenvalue weighted by atomic mass is 10.0. The van der Waals surface area contributed by atoms with Crippen molar-refractivity contribution in [1.82, 2.24) is 49.5 Å². The third kappa shape index (κ3) is 17.4. The molecule has 2 fully saturated rings. The van der Waals surface area contributed by atoms with Crippen LogP contribution in [0.15, 0.2) is 146 Å². The summed E-state index contributed by atoms with van der Waals surface area (Å²) in [6.45, 7) is 9.65. The van der Waals surface area contributed by atoms with Crippen LogP contribution in [-0.4, -0.2) is 146 Å². The molecule has 4 aromatic heterocycles. The number of fused-ring (bicyclic) bond motifs is 2. The van der Waals surface area contributed by atoms with Crippen molar-refractivity contribution < 1.29 is 14.7 Å². The van der Waals surface area contributed by atoms with Gasteiger partial charge in [0, 0.05) is 122 Å². The number of allylic oxidation sites excluding steroid dienone is 1. The highest BCUT2D eigenvalue weighted by Gasteiger charge is 2.23. The van der Waals surface area contributed by atoms with E-state index in [1.54, 1.807) is 24.5 Å². The standard InChI is InChI=1S/C31H35ClN6O.C26H28ClN5.C6H11NO2/c1-37(2)14-6-9-25(39)18-22-7-5-8-23(17-22)21-38-15-12-24(13-16-38)35-31-34-20-28(32)30(36-31)27-19-33-29-11-4-3-10-26(27)29;1-2-18-6-5-7-19(14-18)17-32-12-10-20(11-13-32)30-26-29-16-23(27)25(31-26)22-15-28-24-9-4-3-8-21(22)24;1-7(2)5-3-4-6(8)9/h3-11,17,19-20,24,33H,12-16,18,21H2,1-2H3,(H,34,35,36);3-9,14-16,20,28H,2,10-13,17H2,1H3,(H,29,30,31);3-4H,5H2,1-2H3,(H,8,9)/b9-6+;;4-3+. The molecule has 418 valence electrons. The van der Waals surface area contributed by atoms with Gasteiger partial charge in [-0.2, -0.15) is 0 Å². The van der Waals surface area contributed by atoms with E-state index in [1.165, 1.54) is 16.7 Å².